The van der Waals surface area contributed by atoms with Gasteiger partial charge in [0.2, 0.25) is 10.0 Å². The summed E-state index contributed by atoms with van der Waals surface area (Å²) < 4.78 is 26.3. The van der Waals surface area contributed by atoms with Gasteiger partial charge < -0.3 is 5.32 Å². The molecule has 0 aliphatic heterocycles. The highest BCUT2D eigenvalue weighted by atomic mass is 32.2. The second-order valence-electron chi connectivity index (χ2n) is 5.79. The molecular weight excluding hydrogens is 236 g/mol. The zero-order valence-electron chi connectivity index (χ0n) is 10.3. The van der Waals surface area contributed by atoms with Crippen molar-refractivity contribution in [3.05, 3.63) is 0 Å². The molecule has 0 unspecified atom stereocenters. The van der Waals surface area contributed by atoms with Crippen LogP contribution in [-0.4, -0.2) is 43.6 Å². The SMILES string of the molecule is O=S(=O)(CCNC1CC1)N(CC1CC1)C1CC1. The van der Waals surface area contributed by atoms with Gasteiger partial charge in [-0.05, 0) is 44.4 Å². The molecule has 0 aromatic carbocycles. The van der Waals surface area contributed by atoms with Crippen LogP contribution >= 0.6 is 0 Å². The fourth-order valence-electron chi connectivity index (χ4n) is 2.20. The predicted octanol–water partition coefficient (Wildman–Crippen LogP) is 0.943. The van der Waals surface area contributed by atoms with Gasteiger partial charge in [-0.3, -0.25) is 0 Å². The van der Waals surface area contributed by atoms with Crippen LogP contribution in [0.25, 0.3) is 0 Å². The van der Waals surface area contributed by atoms with Crippen LogP contribution in [0.4, 0.5) is 0 Å². The quantitative estimate of drug-likeness (QED) is 0.705. The molecule has 0 amide bonds. The van der Waals surface area contributed by atoms with E-state index in [1.807, 2.05) is 0 Å². The minimum Gasteiger partial charge on any atom is -0.313 e. The Balaban J connectivity index is 1.52. The largest absolute Gasteiger partial charge is 0.313 e. The minimum atomic E-state index is -3.01. The van der Waals surface area contributed by atoms with E-state index in [1.54, 1.807) is 4.31 Å². The lowest BCUT2D eigenvalue weighted by Gasteiger charge is -2.21. The standard InChI is InChI=1S/C12H22N2O2S/c15-17(16,8-7-13-11-3-4-11)14(12-5-6-12)9-10-1-2-10/h10-13H,1-9H2. The predicted molar refractivity (Wildman–Crippen MR) is 67.3 cm³/mol. The number of hydrogen-bond acceptors (Lipinski definition) is 3. The lowest BCUT2D eigenvalue weighted by Crippen LogP contribution is -2.39. The maximum Gasteiger partial charge on any atom is 0.215 e. The molecule has 0 aromatic heterocycles. The topological polar surface area (TPSA) is 49.4 Å². The van der Waals surface area contributed by atoms with Gasteiger partial charge in [0.25, 0.3) is 0 Å². The van der Waals surface area contributed by atoms with Gasteiger partial charge in [0.15, 0.2) is 0 Å². The molecule has 0 atom stereocenters. The van der Waals surface area contributed by atoms with Crippen molar-refractivity contribution in [3.63, 3.8) is 0 Å². The summed E-state index contributed by atoms with van der Waals surface area (Å²) in [6.45, 7) is 1.41. The molecule has 3 saturated carbocycles. The normalized spacial score (nSPS) is 25.5. The first kappa shape index (κ1) is 11.9. The van der Waals surface area contributed by atoms with Crippen LogP contribution in [-0.2, 0) is 10.0 Å². The minimum absolute atomic E-state index is 0.284. The fraction of sp³-hybridized carbons (Fsp3) is 1.00. The monoisotopic (exact) mass is 258 g/mol. The van der Waals surface area contributed by atoms with E-state index in [0.29, 0.717) is 24.5 Å². The number of hydrogen-bond donors (Lipinski definition) is 1. The molecule has 17 heavy (non-hydrogen) atoms. The number of nitrogens with one attached hydrogen (secondary N) is 1. The van der Waals surface area contributed by atoms with Gasteiger partial charge in [-0.15, -0.1) is 0 Å². The first-order valence-corrected chi connectivity index (χ1v) is 8.49. The van der Waals surface area contributed by atoms with E-state index < -0.39 is 10.0 Å². The molecule has 0 spiro atoms. The highest BCUT2D eigenvalue weighted by molar-refractivity contribution is 7.89. The van der Waals surface area contributed by atoms with Crippen LogP contribution in [0.1, 0.15) is 38.5 Å². The van der Waals surface area contributed by atoms with E-state index in [4.69, 9.17) is 0 Å². The number of rotatable bonds is 8. The highest BCUT2D eigenvalue weighted by Crippen LogP contribution is 2.36. The summed E-state index contributed by atoms with van der Waals surface area (Å²) in [5, 5.41) is 3.29. The summed E-state index contributed by atoms with van der Waals surface area (Å²) in [7, 11) is -3.01. The van der Waals surface area contributed by atoms with E-state index in [1.165, 1.54) is 25.7 Å². The molecular formula is C12H22N2O2S. The molecule has 3 aliphatic rings. The average Bonchev–Trinajstić information content (AvgIpc) is 3.11. The third kappa shape index (κ3) is 3.42. The van der Waals surface area contributed by atoms with Gasteiger partial charge in [0.05, 0.1) is 5.75 Å². The van der Waals surface area contributed by atoms with Crippen molar-refractivity contribution in [3.8, 4) is 0 Å². The third-order valence-corrected chi connectivity index (χ3v) is 5.70. The van der Waals surface area contributed by atoms with Crippen molar-refractivity contribution < 1.29 is 8.42 Å². The van der Waals surface area contributed by atoms with E-state index >= 15 is 0 Å². The van der Waals surface area contributed by atoms with E-state index in [9.17, 15) is 8.42 Å². The molecule has 0 radical (unpaired) electrons. The Bertz CT molecular complexity index is 370. The van der Waals surface area contributed by atoms with Crippen molar-refractivity contribution in [2.24, 2.45) is 5.92 Å². The molecule has 0 bridgehead atoms. The second kappa shape index (κ2) is 4.52. The van der Waals surface area contributed by atoms with Crippen LogP contribution in [0.5, 0.6) is 0 Å². The first-order chi connectivity index (χ1) is 8.15. The Hall–Kier alpha value is -0.130. The molecule has 0 heterocycles. The van der Waals surface area contributed by atoms with Gasteiger partial charge in [0.1, 0.15) is 0 Å². The van der Waals surface area contributed by atoms with Crippen LogP contribution in [0.2, 0.25) is 0 Å². The van der Waals surface area contributed by atoms with Crippen LogP contribution in [0.15, 0.2) is 0 Å². The molecule has 0 aromatic rings. The third-order valence-electron chi connectivity index (χ3n) is 3.82. The Morgan fingerprint density at radius 1 is 1.06 bits per heavy atom. The van der Waals surface area contributed by atoms with Crippen molar-refractivity contribution in [2.75, 3.05) is 18.8 Å². The summed E-state index contributed by atoms with van der Waals surface area (Å²) in [5.74, 6) is 0.939. The zero-order chi connectivity index (χ0) is 11.9. The maximum absolute atomic E-state index is 12.3. The lowest BCUT2D eigenvalue weighted by atomic mass is 10.4. The molecule has 4 nitrogen and oxygen atoms in total. The molecule has 0 saturated heterocycles. The molecule has 3 fully saturated rings. The van der Waals surface area contributed by atoms with Crippen molar-refractivity contribution in [2.45, 2.75) is 50.6 Å². The zero-order valence-corrected chi connectivity index (χ0v) is 11.1. The van der Waals surface area contributed by atoms with Crippen LogP contribution in [0, 0.1) is 5.92 Å². The fourth-order valence-corrected chi connectivity index (χ4v) is 3.92. The summed E-state index contributed by atoms with van der Waals surface area (Å²) >= 11 is 0. The highest BCUT2D eigenvalue weighted by Gasteiger charge is 2.40. The van der Waals surface area contributed by atoms with E-state index in [2.05, 4.69) is 5.32 Å². The average molecular weight is 258 g/mol. The molecule has 3 rings (SSSR count). The molecule has 98 valence electrons. The second-order valence-corrected chi connectivity index (χ2v) is 7.83. The first-order valence-electron chi connectivity index (χ1n) is 6.88. The Kier molecular flexibility index (Phi) is 3.17. The van der Waals surface area contributed by atoms with Crippen LogP contribution < -0.4 is 5.32 Å². The molecule has 5 heteroatoms. The van der Waals surface area contributed by atoms with Gasteiger partial charge in [-0.25, -0.2) is 8.42 Å². The summed E-state index contributed by atoms with van der Waals surface area (Å²) in [5.41, 5.74) is 0. The van der Waals surface area contributed by atoms with Crippen LogP contribution in [0.3, 0.4) is 0 Å². The smallest absolute Gasteiger partial charge is 0.215 e. The van der Waals surface area contributed by atoms with Crippen molar-refractivity contribution in [1.82, 2.24) is 9.62 Å². The van der Waals surface area contributed by atoms with Gasteiger partial charge in [-0.1, -0.05) is 0 Å². The summed E-state index contributed by atoms with van der Waals surface area (Å²) in [4.78, 5) is 0. The summed E-state index contributed by atoms with van der Waals surface area (Å²) in [6, 6.07) is 0.935. The number of sulfonamides is 1. The van der Waals surface area contributed by atoms with Gasteiger partial charge >= 0.3 is 0 Å². The maximum atomic E-state index is 12.3. The van der Waals surface area contributed by atoms with Crippen molar-refractivity contribution in [1.29, 1.82) is 0 Å². The molecule has 3 aliphatic carbocycles. The van der Waals surface area contributed by atoms with Gasteiger partial charge in [-0.2, -0.15) is 4.31 Å². The van der Waals surface area contributed by atoms with Crippen molar-refractivity contribution >= 4 is 10.0 Å². The lowest BCUT2D eigenvalue weighted by molar-refractivity contribution is 0.388. The van der Waals surface area contributed by atoms with E-state index in [0.717, 1.165) is 19.4 Å². The van der Waals surface area contributed by atoms with Gasteiger partial charge in [0, 0.05) is 25.2 Å². The Morgan fingerprint density at radius 3 is 2.29 bits per heavy atom. The summed E-state index contributed by atoms with van der Waals surface area (Å²) in [6.07, 6.45) is 7.02. The Labute approximate surface area is 104 Å². The molecule has 1 N–H and O–H groups in total. The van der Waals surface area contributed by atoms with E-state index in [-0.39, 0.29) is 5.75 Å². The Morgan fingerprint density at radius 2 is 1.76 bits per heavy atom. The number of nitrogens with zero attached hydrogens (tertiary/aromatic N) is 1.